The number of amides is 1. The molecule has 6 nitrogen and oxygen atoms in total. The molecule has 6 heteroatoms. The van der Waals surface area contributed by atoms with Crippen LogP contribution in [0.25, 0.3) is 0 Å². The van der Waals surface area contributed by atoms with Crippen molar-refractivity contribution < 1.29 is 13.9 Å². The van der Waals surface area contributed by atoms with Crippen LogP contribution in [0.1, 0.15) is 28.6 Å². The molecule has 2 aromatic heterocycles. The van der Waals surface area contributed by atoms with Crippen molar-refractivity contribution >= 4 is 11.7 Å². The maximum Gasteiger partial charge on any atom is 0.255 e. The number of rotatable bonds is 4. The number of anilines is 1. The van der Waals surface area contributed by atoms with Crippen LogP contribution in [-0.4, -0.2) is 36.7 Å². The molecule has 0 radical (unpaired) electrons. The third kappa shape index (κ3) is 3.71. The molecule has 0 spiro atoms. The molecule has 122 valence electrons. The molecule has 2 aromatic rings. The Morgan fingerprint density at radius 2 is 2.30 bits per heavy atom. The number of hydrogen-bond donors (Lipinski definition) is 1. The van der Waals surface area contributed by atoms with Crippen molar-refractivity contribution in [2.24, 2.45) is 0 Å². The van der Waals surface area contributed by atoms with E-state index >= 15 is 0 Å². The monoisotopic (exact) mass is 315 g/mol. The molecular weight excluding hydrogens is 294 g/mol. The van der Waals surface area contributed by atoms with Crippen LogP contribution in [-0.2, 0) is 11.3 Å². The van der Waals surface area contributed by atoms with Gasteiger partial charge in [-0.15, -0.1) is 0 Å². The SMILES string of the molecule is Cc1occc1C(=O)NCc1ccc(N2CCO[C@H](C)C2)nc1. The first-order chi connectivity index (χ1) is 11.1. The molecule has 3 heterocycles. The highest BCUT2D eigenvalue weighted by atomic mass is 16.5. The summed E-state index contributed by atoms with van der Waals surface area (Å²) in [5.74, 6) is 1.43. The van der Waals surface area contributed by atoms with Crippen molar-refractivity contribution in [3.8, 4) is 0 Å². The first-order valence-electron chi connectivity index (χ1n) is 7.77. The summed E-state index contributed by atoms with van der Waals surface area (Å²) in [5.41, 5.74) is 1.53. The predicted molar refractivity (Wildman–Crippen MR) is 86.5 cm³/mol. The summed E-state index contributed by atoms with van der Waals surface area (Å²) < 4.78 is 10.7. The molecule has 1 aliphatic heterocycles. The van der Waals surface area contributed by atoms with Crippen molar-refractivity contribution in [3.05, 3.63) is 47.5 Å². The largest absolute Gasteiger partial charge is 0.469 e. The maximum atomic E-state index is 12.0. The quantitative estimate of drug-likeness (QED) is 0.936. The third-order valence-corrected chi connectivity index (χ3v) is 3.93. The van der Waals surface area contributed by atoms with Gasteiger partial charge in [0.25, 0.3) is 5.91 Å². The third-order valence-electron chi connectivity index (χ3n) is 3.93. The molecule has 1 atom stereocenters. The van der Waals surface area contributed by atoms with Gasteiger partial charge in [-0.1, -0.05) is 6.07 Å². The van der Waals surface area contributed by atoms with Gasteiger partial charge in [0, 0.05) is 25.8 Å². The zero-order valence-corrected chi connectivity index (χ0v) is 13.4. The van der Waals surface area contributed by atoms with Crippen LogP contribution < -0.4 is 10.2 Å². The van der Waals surface area contributed by atoms with Crippen LogP contribution in [0.2, 0.25) is 0 Å². The van der Waals surface area contributed by atoms with E-state index in [-0.39, 0.29) is 12.0 Å². The molecule has 3 rings (SSSR count). The van der Waals surface area contributed by atoms with Crippen LogP contribution >= 0.6 is 0 Å². The molecule has 0 aromatic carbocycles. The molecule has 1 amide bonds. The number of furan rings is 1. The smallest absolute Gasteiger partial charge is 0.255 e. The molecule has 0 bridgehead atoms. The molecule has 23 heavy (non-hydrogen) atoms. The Labute approximate surface area is 135 Å². The van der Waals surface area contributed by atoms with Gasteiger partial charge in [-0.05, 0) is 31.5 Å². The summed E-state index contributed by atoms with van der Waals surface area (Å²) in [6.07, 6.45) is 3.55. The van der Waals surface area contributed by atoms with E-state index in [1.165, 1.54) is 6.26 Å². The van der Waals surface area contributed by atoms with E-state index in [1.807, 2.05) is 12.1 Å². The van der Waals surface area contributed by atoms with Crippen LogP contribution in [0.15, 0.2) is 35.1 Å². The summed E-state index contributed by atoms with van der Waals surface area (Å²) in [6, 6.07) is 5.65. The number of pyridine rings is 1. The Bertz CT molecular complexity index is 666. The number of aryl methyl sites for hydroxylation is 1. The van der Waals surface area contributed by atoms with E-state index in [0.29, 0.717) is 17.9 Å². The molecule has 0 saturated carbocycles. The number of nitrogens with one attached hydrogen (secondary N) is 1. The minimum atomic E-state index is -0.137. The van der Waals surface area contributed by atoms with E-state index < -0.39 is 0 Å². The van der Waals surface area contributed by atoms with E-state index in [9.17, 15) is 4.79 Å². The number of carbonyl (C=O) groups is 1. The number of aromatic nitrogens is 1. The van der Waals surface area contributed by atoms with Crippen LogP contribution in [0.5, 0.6) is 0 Å². The summed E-state index contributed by atoms with van der Waals surface area (Å²) >= 11 is 0. The Balaban J connectivity index is 1.57. The van der Waals surface area contributed by atoms with Gasteiger partial charge in [0.05, 0.1) is 24.5 Å². The number of morpholine rings is 1. The number of hydrogen-bond acceptors (Lipinski definition) is 5. The van der Waals surface area contributed by atoms with Crippen molar-refractivity contribution in [3.63, 3.8) is 0 Å². The van der Waals surface area contributed by atoms with Gasteiger partial charge < -0.3 is 19.4 Å². The van der Waals surface area contributed by atoms with E-state index in [1.54, 1.807) is 19.2 Å². The summed E-state index contributed by atoms with van der Waals surface area (Å²) in [6.45, 7) is 6.71. The second-order valence-electron chi connectivity index (χ2n) is 5.73. The number of ether oxygens (including phenoxy) is 1. The number of carbonyl (C=O) groups excluding carboxylic acids is 1. The second-order valence-corrected chi connectivity index (χ2v) is 5.73. The summed E-state index contributed by atoms with van der Waals surface area (Å²) in [4.78, 5) is 18.7. The van der Waals surface area contributed by atoms with Gasteiger partial charge in [0.1, 0.15) is 11.6 Å². The highest BCUT2D eigenvalue weighted by Gasteiger charge is 2.17. The Hall–Kier alpha value is -2.34. The lowest BCUT2D eigenvalue weighted by Crippen LogP contribution is -2.41. The Kier molecular flexibility index (Phi) is 4.62. The van der Waals surface area contributed by atoms with Crippen LogP contribution in [0, 0.1) is 6.92 Å². The zero-order chi connectivity index (χ0) is 16.2. The molecule has 1 saturated heterocycles. The lowest BCUT2D eigenvalue weighted by atomic mass is 10.2. The fourth-order valence-corrected chi connectivity index (χ4v) is 2.63. The molecule has 1 aliphatic rings. The molecule has 0 unspecified atom stereocenters. The highest BCUT2D eigenvalue weighted by Crippen LogP contribution is 2.15. The number of nitrogens with zero attached hydrogens (tertiary/aromatic N) is 2. The van der Waals surface area contributed by atoms with E-state index in [4.69, 9.17) is 9.15 Å². The van der Waals surface area contributed by atoms with Crippen molar-refractivity contribution in [2.45, 2.75) is 26.5 Å². The fraction of sp³-hybridized carbons (Fsp3) is 0.412. The second kappa shape index (κ2) is 6.83. The fourth-order valence-electron chi connectivity index (χ4n) is 2.63. The molecular formula is C17H21N3O3. The van der Waals surface area contributed by atoms with Crippen LogP contribution in [0.3, 0.4) is 0 Å². The summed E-state index contributed by atoms with van der Waals surface area (Å²) in [7, 11) is 0. The highest BCUT2D eigenvalue weighted by molar-refractivity contribution is 5.94. The normalized spacial score (nSPS) is 18.0. The summed E-state index contributed by atoms with van der Waals surface area (Å²) in [5, 5.41) is 2.88. The maximum absolute atomic E-state index is 12.0. The minimum Gasteiger partial charge on any atom is -0.469 e. The Morgan fingerprint density at radius 1 is 1.43 bits per heavy atom. The van der Waals surface area contributed by atoms with Gasteiger partial charge >= 0.3 is 0 Å². The van der Waals surface area contributed by atoms with Crippen molar-refractivity contribution in [1.82, 2.24) is 10.3 Å². The molecule has 1 fully saturated rings. The topological polar surface area (TPSA) is 67.6 Å². The van der Waals surface area contributed by atoms with Gasteiger partial charge in [0.15, 0.2) is 0 Å². The average Bonchev–Trinajstić information content (AvgIpc) is 2.99. The van der Waals surface area contributed by atoms with E-state index in [0.717, 1.165) is 31.1 Å². The van der Waals surface area contributed by atoms with Crippen LogP contribution in [0.4, 0.5) is 5.82 Å². The standard InChI is InChI=1S/C17H21N3O3/c1-12-11-20(6-8-22-12)16-4-3-14(9-18-16)10-19-17(21)15-5-7-23-13(15)2/h3-5,7,9,12H,6,8,10-11H2,1-2H3,(H,19,21)/t12-/m1/s1. The Morgan fingerprint density at radius 3 is 2.96 bits per heavy atom. The predicted octanol–water partition coefficient (Wildman–Crippen LogP) is 2.14. The lowest BCUT2D eigenvalue weighted by molar-refractivity contribution is 0.0529. The molecule has 1 N–H and O–H groups in total. The van der Waals surface area contributed by atoms with E-state index in [2.05, 4.69) is 22.1 Å². The first-order valence-corrected chi connectivity index (χ1v) is 7.77. The van der Waals surface area contributed by atoms with Crippen molar-refractivity contribution in [2.75, 3.05) is 24.6 Å². The lowest BCUT2D eigenvalue weighted by Gasteiger charge is -2.32. The molecule has 0 aliphatic carbocycles. The first kappa shape index (κ1) is 15.6. The van der Waals surface area contributed by atoms with Gasteiger partial charge in [-0.3, -0.25) is 4.79 Å². The van der Waals surface area contributed by atoms with Gasteiger partial charge in [-0.25, -0.2) is 4.98 Å². The van der Waals surface area contributed by atoms with Gasteiger partial charge in [-0.2, -0.15) is 0 Å². The average molecular weight is 315 g/mol. The zero-order valence-electron chi connectivity index (χ0n) is 13.4. The van der Waals surface area contributed by atoms with Gasteiger partial charge in [0.2, 0.25) is 0 Å². The minimum absolute atomic E-state index is 0.137. The van der Waals surface area contributed by atoms with Crippen molar-refractivity contribution in [1.29, 1.82) is 0 Å².